The second-order valence-electron chi connectivity index (χ2n) is 7.25. The zero-order chi connectivity index (χ0) is 18.8. The van der Waals surface area contributed by atoms with Crippen molar-refractivity contribution in [1.82, 2.24) is 9.97 Å². The molecule has 11 heteroatoms. The summed E-state index contributed by atoms with van der Waals surface area (Å²) in [6.45, 7) is 2.97. The summed E-state index contributed by atoms with van der Waals surface area (Å²) in [4.78, 5) is 11.3. The van der Waals surface area contributed by atoms with Crippen LogP contribution < -0.4 is 9.80 Å². The number of β-amino-alcohol motifs (C(OH)–C–C–N with tert-alkyl or cyclic N) is 1. The van der Waals surface area contributed by atoms with Crippen LogP contribution in [0.25, 0.3) is 0 Å². The van der Waals surface area contributed by atoms with Crippen molar-refractivity contribution >= 4 is 22.8 Å². The van der Waals surface area contributed by atoms with Gasteiger partial charge in [0.15, 0.2) is 16.8 Å². The number of aliphatic hydroxyl groups excluding tert-OH is 1. The molecule has 2 saturated heterocycles. The quantitative estimate of drug-likeness (QED) is 0.738. The number of anilines is 2. The minimum Gasteiger partial charge on any atom is -0.389 e. The zero-order valence-corrected chi connectivity index (χ0v) is 14.7. The van der Waals surface area contributed by atoms with Crippen LogP contribution >= 0.6 is 0 Å². The zero-order valence-electron chi connectivity index (χ0n) is 13.9. The summed E-state index contributed by atoms with van der Waals surface area (Å²) in [5, 5.41) is 9.62. The van der Waals surface area contributed by atoms with Gasteiger partial charge in [0.1, 0.15) is 5.82 Å². The number of nitrogens with zero attached hydrogens (tertiary/aromatic N) is 4. The van der Waals surface area contributed by atoms with Crippen LogP contribution in [0.2, 0.25) is 0 Å². The van der Waals surface area contributed by atoms with Gasteiger partial charge in [-0.15, -0.1) is 0 Å². The molecule has 5 atom stereocenters. The Kier molecular flexibility index (Phi) is 4.16. The summed E-state index contributed by atoms with van der Waals surface area (Å²) in [6, 6.07) is 0.621. The predicted molar refractivity (Wildman–Crippen MR) is 88.2 cm³/mol. The first-order valence-electron chi connectivity index (χ1n) is 8.38. The molecule has 1 aromatic rings. The number of aromatic nitrogens is 2. The third-order valence-electron chi connectivity index (χ3n) is 5.71. The molecule has 0 aromatic carbocycles. The average molecular weight is 392 g/mol. The monoisotopic (exact) mass is 392 g/mol. The summed E-state index contributed by atoms with van der Waals surface area (Å²) < 4.78 is 59.7. The van der Waals surface area contributed by atoms with Crippen molar-refractivity contribution in [3.05, 3.63) is 11.8 Å². The van der Waals surface area contributed by atoms with Crippen molar-refractivity contribution in [2.45, 2.75) is 25.2 Å². The SMILES string of the molecule is C[C@H]1[C@H](O)CN1c1nc(N2CC3C(C2)C3CS(=O)O)cc(C(F)(F)F)n1. The summed E-state index contributed by atoms with van der Waals surface area (Å²) in [6.07, 6.45) is -5.19. The van der Waals surface area contributed by atoms with Crippen LogP contribution in [0.3, 0.4) is 0 Å². The van der Waals surface area contributed by atoms with E-state index in [1.807, 2.05) is 0 Å². The average Bonchev–Trinajstić information content (AvgIpc) is 3.00. The lowest BCUT2D eigenvalue weighted by atomic mass is 10.0. The Balaban J connectivity index is 1.56. The van der Waals surface area contributed by atoms with Crippen LogP contribution in [0.4, 0.5) is 24.9 Å². The lowest BCUT2D eigenvalue weighted by Crippen LogP contribution is -2.59. The highest BCUT2D eigenvalue weighted by Gasteiger charge is 2.56. The number of hydrogen-bond donors (Lipinski definition) is 2. The molecule has 7 nitrogen and oxygen atoms in total. The summed E-state index contributed by atoms with van der Waals surface area (Å²) in [5.41, 5.74) is -1.00. The van der Waals surface area contributed by atoms with Gasteiger partial charge in [-0.1, -0.05) is 0 Å². The predicted octanol–water partition coefficient (Wildman–Crippen LogP) is 0.969. The molecule has 2 N–H and O–H groups in total. The van der Waals surface area contributed by atoms with Crippen LogP contribution in [0, 0.1) is 17.8 Å². The van der Waals surface area contributed by atoms with Gasteiger partial charge in [0.05, 0.1) is 17.9 Å². The van der Waals surface area contributed by atoms with E-state index in [9.17, 15) is 22.5 Å². The molecular formula is C15H19F3N4O3S. The van der Waals surface area contributed by atoms with Crippen molar-refractivity contribution in [1.29, 1.82) is 0 Å². The van der Waals surface area contributed by atoms with Crippen molar-refractivity contribution < 1.29 is 27.0 Å². The highest BCUT2D eigenvalue weighted by atomic mass is 32.2. The van der Waals surface area contributed by atoms with Crippen molar-refractivity contribution in [2.75, 3.05) is 35.2 Å². The molecule has 3 unspecified atom stereocenters. The third kappa shape index (κ3) is 3.05. The number of aliphatic hydroxyl groups is 1. The third-order valence-corrected chi connectivity index (χ3v) is 6.38. The lowest BCUT2D eigenvalue weighted by molar-refractivity contribution is -0.141. The molecule has 0 radical (unpaired) electrons. The Morgan fingerprint density at radius 3 is 2.42 bits per heavy atom. The van der Waals surface area contributed by atoms with E-state index in [-0.39, 0.29) is 47.9 Å². The second-order valence-corrected chi connectivity index (χ2v) is 8.23. The van der Waals surface area contributed by atoms with E-state index in [2.05, 4.69) is 9.97 Å². The van der Waals surface area contributed by atoms with Gasteiger partial charge in [0, 0.05) is 25.7 Å². The minimum absolute atomic E-state index is 0.0267. The van der Waals surface area contributed by atoms with Crippen LogP contribution in [0.5, 0.6) is 0 Å². The topological polar surface area (TPSA) is 89.8 Å². The number of alkyl halides is 3. The standard InChI is InChI=1S/C15H19F3N4O3S/c1-7-11(23)5-22(7)14-19-12(15(16,17)18)2-13(20-14)21-3-8-9(4-21)10(8)6-26(24)25/h2,7-11,23H,3-6H2,1H3,(H,24,25)/t7-,8?,9?,10?,11+/m0/s1. The van der Waals surface area contributed by atoms with Crippen molar-refractivity contribution in [3.63, 3.8) is 0 Å². The van der Waals surface area contributed by atoms with Gasteiger partial charge >= 0.3 is 6.18 Å². The summed E-state index contributed by atoms with van der Waals surface area (Å²) in [7, 11) is 0. The molecule has 1 saturated carbocycles. The molecule has 0 amide bonds. The smallest absolute Gasteiger partial charge is 0.389 e. The maximum absolute atomic E-state index is 13.2. The van der Waals surface area contributed by atoms with Crippen LogP contribution in [-0.2, 0) is 17.3 Å². The maximum Gasteiger partial charge on any atom is 0.433 e. The number of halogens is 3. The first-order chi connectivity index (χ1) is 12.1. The molecule has 2 aliphatic heterocycles. The second kappa shape index (κ2) is 6.03. The molecule has 0 spiro atoms. The van der Waals surface area contributed by atoms with E-state index < -0.39 is 29.1 Å². The van der Waals surface area contributed by atoms with Gasteiger partial charge in [-0.05, 0) is 24.7 Å². The largest absolute Gasteiger partial charge is 0.433 e. The fourth-order valence-electron chi connectivity index (χ4n) is 3.96. The highest BCUT2D eigenvalue weighted by Crippen LogP contribution is 2.52. The Hall–Kier alpha value is -1.46. The van der Waals surface area contributed by atoms with E-state index in [0.717, 1.165) is 6.07 Å². The highest BCUT2D eigenvalue weighted by molar-refractivity contribution is 7.79. The molecule has 3 fully saturated rings. The van der Waals surface area contributed by atoms with E-state index in [1.54, 1.807) is 16.7 Å². The van der Waals surface area contributed by atoms with Gasteiger partial charge < -0.3 is 19.5 Å². The lowest BCUT2D eigenvalue weighted by Gasteiger charge is -2.43. The molecule has 4 rings (SSSR count). The normalized spacial score (nSPS) is 34.5. The van der Waals surface area contributed by atoms with Gasteiger partial charge in [-0.25, -0.2) is 9.19 Å². The van der Waals surface area contributed by atoms with Crippen molar-refractivity contribution in [2.24, 2.45) is 17.8 Å². The van der Waals surface area contributed by atoms with Gasteiger partial charge in [0.25, 0.3) is 0 Å². The number of hydrogen-bond acceptors (Lipinski definition) is 6. The summed E-state index contributed by atoms with van der Waals surface area (Å²) in [5.74, 6) is 1.02. The van der Waals surface area contributed by atoms with Crippen molar-refractivity contribution in [3.8, 4) is 0 Å². The molecular weight excluding hydrogens is 373 g/mol. The molecule has 0 bridgehead atoms. The number of rotatable bonds is 4. The van der Waals surface area contributed by atoms with Gasteiger partial charge in [-0.2, -0.15) is 18.2 Å². The Labute approximate surface area is 150 Å². The van der Waals surface area contributed by atoms with Gasteiger partial charge in [0.2, 0.25) is 5.95 Å². The van der Waals surface area contributed by atoms with E-state index in [0.29, 0.717) is 13.1 Å². The fraction of sp³-hybridized carbons (Fsp3) is 0.733. The van der Waals surface area contributed by atoms with Crippen LogP contribution in [0.15, 0.2) is 6.07 Å². The Bertz CT molecular complexity index is 737. The first kappa shape index (κ1) is 17.9. The minimum atomic E-state index is -4.59. The van der Waals surface area contributed by atoms with E-state index >= 15 is 0 Å². The Morgan fingerprint density at radius 1 is 1.27 bits per heavy atom. The Morgan fingerprint density at radius 2 is 1.92 bits per heavy atom. The molecule has 1 aromatic heterocycles. The van der Waals surface area contributed by atoms with E-state index in [4.69, 9.17) is 4.55 Å². The number of fused-ring (bicyclic) bond motifs is 1. The molecule has 3 heterocycles. The molecule has 26 heavy (non-hydrogen) atoms. The van der Waals surface area contributed by atoms with Gasteiger partial charge in [-0.3, -0.25) is 0 Å². The molecule has 144 valence electrons. The number of piperidine rings is 1. The summed E-state index contributed by atoms with van der Waals surface area (Å²) >= 11 is -1.85. The molecule has 3 aliphatic rings. The molecule has 1 aliphatic carbocycles. The van der Waals surface area contributed by atoms with Crippen LogP contribution in [-0.4, -0.2) is 61.4 Å². The first-order valence-corrected chi connectivity index (χ1v) is 9.66. The maximum atomic E-state index is 13.2. The van der Waals surface area contributed by atoms with E-state index in [1.165, 1.54) is 0 Å². The fourth-order valence-corrected chi connectivity index (χ4v) is 4.78. The van der Waals surface area contributed by atoms with Crippen LogP contribution in [0.1, 0.15) is 12.6 Å².